The van der Waals surface area contributed by atoms with Crippen molar-refractivity contribution in [3.63, 3.8) is 0 Å². The van der Waals surface area contributed by atoms with Gasteiger partial charge in [-0.15, -0.1) is 0 Å². The second kappa shape index (κ2) is 7.65. The number of anilines is 4. The van der Waals surface area contributed by atoms with E-state index in [0.29, 0.717) is 17.7 Å². The van der Waals surface area contributed by atoms with Crippen LogP contribution in [0, 0.1) is 5.82 Å². The van der Waals surface area contributed by atoms with Crippen molar-refractivity contribution in [1.29, 1.82) is 0 Å². The standard InChI is InChI=1S/C18H25FN6/c1-3-4-12-10-17(25-8-7-14(11-25)21-2)24-18(22-12)23-13-5-6-15(19)16(20)9-13/h5-6,9-10,14,21H,3-4,7-8,11,20H2,1-2H3,(H,22,23,24)/t14-/m0/s1. The first-order valence-corrected chi connectivity index (χ1v) is 8.71. The average Bonchev–Trinajstić information content (AvgIpc) is 3.08. The lowest BCUT2D eigenvalue weighted by Crippen LogP contribution is -2.30. The molecule has 1 aliphatic rings. The van der Waals surface area contributed by atoms with Crippen molar-refractivity contribution in [2.45, 2.75) is 32.2 Å². The topological polar surface area (TPSA) is 79.1 Å². The number of hydrogen-bond acceptors (Lipinski definition) is 6. The Kier molecular flexibility index (Phi) is 5.33. The molecule has 1 atom stereocenters. The SMILES string of the molecule is CCCc1cc(N2CC[C@H](NC)C2)nc(Nc2ccc(F)c(N)c2)n1. The van der Waals surface area contributed by atoms with Gasteiger partial charge in [-0.3, -0.25) is 0 Å². The third kappa shape index (κ3) is 4.17. The number of benzene rings is 1. The fourth-order valence-electron chi connectivity index (χ4n) is 3.04. The maximum Gasteiger partial charge on any atom is 0.229 e. The first kappa shape index (κ1) is 17.4. The van der Waals surface area contributed by atoms with Crippen LogP contribution < -0.4 is 21.3 Å². The quantitative estimate of drug-likeness (QED) is 0.699. The van der Waals surface area contributed by atoms with E-state index in [1.165, 1.54) is 6.07 Å². The Morgan fingerprint density at radius 1 is 1.32 bits per heavy atom. The summed E-state index contributed by atoms with van der Waals surface area (Å²) in [6, 6.07) is 7.07. The Hall–Kier alpha value is -2.41. The van der Waals surface area contributed by atoms with Crippen molar-refractivity contribution >= 4 is 23.1 Å². The summed E-state index contributed by atoms with van der Waals surface area (Å²) >= 11 is 0. The molecule has 4 N–H and O–H groups in total. The smallest absolute Gasteiger partial charge is 0.229 e. The van der Waals surface area contributed by atoms with E-state index in [2.05, 4.69) is 38.5 Å². The van der Waals surface area contributed by atoms with E-state index < -0.39 is 5.82 Å². The van der Waals surface area contributed by atoms with Crippen molar-refractivity contribution in [2.75, 3.05) is 36.1 Å². The number of likely N-dealkylation sites (N-methyl/N-ethyl adjacent to an activating group) is 1. The Morgan fingerprint density at radius 3 is 2.84 bits per heavy atom. The first-order valence-electron chi connectivity index (χ1n) is 8.71. The molecule has 0 amide bonds. The molecule has 0 radical (unpaired) electrons. The van der Waals surface area contributed by atoms with Gasteiger partial charge in [0.15, 0.2) is 0 Å². The zero-order valence-corrected chi connectivity index (χ0v) is 14.7. The molecule has 1 aromatic heterocycles. The van der Waals surface area contributed by atoms with Crippen LogP contribution in [0.5, 0.6) is 0 Å². The van der Waals surface area contributed by atoms with Crippen LogP contribution in [0.4, 0.5) is 27.5 Å². The van der Waals surface area contributed by atoms with Gasteiger partial charge >= 0.3 is 0 Å². The van der Waals surface area contributed by atoms with Crippen molar-refractivity contribution < 1.29 is 4.39 Å². The van der Waals surface area contributed by atoms with Crippen LogP contribution in [-0.4, -0.2) is 36.1 Å². The van der Waals surface area contributed by atoms with Crippen molar-refractivity contribution in [3.05, 3.63) is 35.8 Å². The van der Waals surface area contributed by atoms with Crippen LogP contribution in [0.15, 0.2) is 24.3 Å². The molecule has 0 aliphatic carbocycles. The fourth-order valence-corrected chi connectivity index (χ4v) is 3.04. The molecule has 25 heavy (non-hydrogen) atoms. The van der Waals surface area contributed by atoms with Gasteiger partial charge in [0, 0.05) is 36.6 Å². The molecule has 0 saturated carbocycles. The van der Waals surface area contributed by atoms with Gasteiger partial charge in [0.2, 0.25) is 5.95 Å². The third-order valence-electron chi connectivity index (χ3n) is 4.44. The molecule has 1 aromatic carbocycles. The molecule has 0 spiro atoms. The predicted octanol–water partition coefficient (Wildman–Crippen LogP) is 2.69. The lowest BCUT2D eigenvalue weighted by atomic mass is 10.2. The van der Waals surface area contributed by atoms with E-state index in [4.69, 9.17) is 5.73 Å². The number of rotatable bonds is 6. The molecule has 7 heteroatoms. The molecule has 1 fully saturated rings. The minimum absolute atomic E-state index is 0.103. The van der Waals surface area contributed by atoms with Gasteiger partial charge in [0.25, 0.3) is 0 Å². The Balaban J connectivity index is 1.86. The molecule has 2 heterocycles. The summed E-state index contributed by atoms with van der Waals surface area (Å²) in [6.07, 6.45) is 3.00. The number of aryl methyl sites for hydroxylation is 1. The molecule has 2 aromatic rings. The van der Waals surface area contributed by atoms with Gasteiger partial charge in [-0.2, -0.15) is 4.98 Å². The Morgan fingerprint density at radius 2 is 2.16 bits per heavy atom. The number of nitrogens with zero attached hydrogens (tertiary/aromatic N) is 3. The van der Waals surface area contributed by atoms with Gasteiger partial charge in [0.05, 0.1) is 5.69 Å². The second-order valence-corrected chi connectivity index (χ2v) is 6.37. The van der Waals surface area contributed by atoms with Gasteiger partial charge in [-0.05, 0) is 38.1 Å². The summed E-state index contributed by atoms with van der Waals surface area (Å²) < 4.78 is 13.3. The molecule has 1 aliphatic heterocycles. The van der Waals surface area contributed by atoms with E-state index in [1.807, 2.05) is 7.05 Å². The summed E-state index contributed by atoms with van der Waals surface area (Å²) in [7, 11) is 1.99. The lowest BCUT2D eigenvalue weighted by Gasteiger charge is -2.19. The zero-order chi connectivity index (χ0) is 17.8. The highest BCUT2D eigenvalue weighted by Crippen LogP contribution is 2.24. The average molecular weight is 344 g/mol. The van der Waals surface area contributed by atoms with Crippen molar-refractivity contribution in [1.82, 2.24) is 15.3 Å². The van der Waals surface area contributed by atoms with Crippen LogP contribution in [0.2, 0.25) is 0 Å². The van der Waals surface area contributed by atoms with Gasteiger partial charge < -0.3 is 21.3 Å². The molecule has 1 saturated heterocycles. The van der Waals surface area contributed by atoms with Crippen molar-refractivity contribution in [2.24, 2.45) is 0 Å². The highest BCUT2D eigenvalue weighted by atomic mass is 19.1. The minimum Gasteiger partial charge on any atom is -0.396 e. The highest BCUT2D eigenvalue weighted by Gasteiger charge is 2.23. The summed E-state index contributed by atoms with van der Waals surface area (Å²) in [5.74, 6) is 1.01. The zero-order valence-electron chi connectivity index (χ0n) is 14.7. The van der Waals surface area contributed by atoms with E-state index in [0.717, 1.165) is 43.9 Å². The summed E-state index contributed by atoms with van der Waals surface area (Å²) in [5, 5.41) is 6.47. The van der Waals surface area contributed by atoms with Crippen LogP contribution in [0.3, 0.4) is 0 Å². The molecular weight excluding hydrogens is 319 g/mol. The van der Waals surface area contributed by atoms with Gasteiger partial charge in [-0.25, -0.2) is 9.37 Å². The van der Waals surface area contributed by atoms with Gasteiger partial charge in [0.1, 0.15) is 11.6 Å². The molecule has 134 valence electrons. The molecular formula is C18H25FN6. The van der Waals surface area contributed by atoms with Gasteiger partial charge in [-0.1, -0.05) is 13.3 Å². The molecule has 6 nitrogen and oxygen atoms in total. The largest absolute Gasteiger partial charge is 0.396 e. The fraction of sp³-hybridized carbons (Fsp3) is 0.444. The van der Waals surface area contributed by atoms with E-state index in [-0.39, 0.29) is 5.69 Å². The van der Waals surface area contributed by atoms with Crippen LogP contribution >= 0.6 is 0 Å². The second-order valence-electron chi connectivity index (χ2n) is 6.37. The Labute approximate surface area is 147 Å². The highest BCUT2D eigenvalue weighted by molar-refractivity contribution is 5.61. The van der Waals surface area contributed by atoms with Crippen molar-refractivity contribution in [3.8, 4) is 0 Å². The number of aromatic nitrogens is 2. The Bertz CT molecular complexity index is 736. The number of nitrogens with two attached hydrogens (primary N) is 1. The van der Waals surface area contributed by atoms with Crippen LogP contribution in [-0.2, 0) is 6.42 Å². The van der Waals surface area contributed by atoms with E-state index in [1.54, 1.807) is 12.1 Å². The summed E-state index contributed by atoms with van der Waals surface area (Å²) in [6.45, 7) is 4.03. The van der Waals surface area contributed by atoms with E-state index in [9.17, 15) is 4.39 Å². The lowest BCUT2D eigenvalue weighted by molar-refractivity contribution is 0.616. The van der Waals surface area contributed by atoms with E-state index >= 15 is 0 Å². The maximum absolute atomic E-state index is 13.3. The number of halogens is 1. The molecule has 0 bridgehead atoms. The first-order chi connectivity index (χ1) is 12.1. The molecule has 0 unspecified atom stereocenters. The normalized spacial score (nSPS) is 17.1. The predicted molar refractivity (Wildman–Crippen MR) is 99.8 cm³/mol. The van der Waals surface area contributed by atoms with Crippen LogP contribution in [0.25, 0.3) is 0 Å². The molecule has 3 rings (SSSR count). The number of nitrogen functional groups attached to an aromatic ring is 1. The number of nitrogens with one attached hydrogen (secondary N) is 2. The summed E-state index contributed by atoms with van der Waals surface area (Å²) in [4.78, 5) is 11.5. The third-order valence-corrected chi connectivity index (χ3v) is 4.44. The monoisotopic (exact) mass is 344 g/mol. The van der Waals surface area contributed by atoms with Crippen LogP contribution in [0.1, 0.15) is 25.5 Å². The minimum atomic E-state index is -0.429. The summed E-state index contributed by atoms with van der Waals surface area (Å²) in [5.41, 5.74) is 7.42. The number of hydrogen-bond donors (Lipinski definition) is 3. The maximum atomic E-state index is 13.3.